The van der Waals surface area contributed by atoms with Gasteiger partial charge in [0.05, 0.1) is 5.56 Å². The number of aromatic carboxylic acids is 1. The Labute approximate surface area is 117 Å². The summed E-state index contributed by atoms with van der Waals surface area (Å²) in [4.78, 5) is 10.7. The smallest absolute Gasteiger partial charge is 0.508 e. The van der Waals surface area contributed by atoms with Crippen LogP contribution in [0.2, 0.25) is 0 Å². The Balaban J connectivity index is 2.45. The first-order chi connectivity index (χ1) is 9.76. The highest BCUT2D eigenvalue weighted by molar-refractivity contribution is 5.88. The van der Waals surface area contributed by atoms with Crippen LogP contribution in [0.3, 0.4) is 0 Å². The van der Waals surface area contributed by atoms with Gasteiger partial charge in [0.2, 0.25) is 0 Å². The number of phenols is 1. The number of alkyl halides is 3. The first-order valence-corrected chi connectivity index (χ1v) is 5.69. The minimum Gasteiger partial charge on any atom is -0.508 e. The van der Waals surface area contributed by atoms with E-state index in [1.54, 1.807) is 0 Å². The number of hydrogen-bond donors (Lipinski definition) is 2. The largest absolute Gasteiger partial charge is 0.573 e. The van der Waals surface area contributed by atoms with Gasteiger partial charge in [-0.25, -0.2) is 4.79 Å². The second-order valence-corrected chi connectivity index (χ2v) is 4.11. The molecule has 0 aliphatic rings. The van der Waals surface area contributed by atoms with Crippen molar-refractivity contribution in [2.45, 2.75) is 6.36 Å². The van der Waals surface area contributed by atoms with Gasteiger partial charge >= 0.3 is 12.3 Å². The van der Waals surface area contributed by atoms with Crippen LogP contribution in [0.4, 0.5) is 13.2 Å². The standard InChI is InChI=1S/C14H9F3O4/c15-14(16,17)21-12-7-10(18)5-6-11(12)8-1-3-9(4-2-8)13(19)20/h1-7,18H,(H,19,20). The van der Waals surface area contributed by atoms with E-state index < -0.39 is 18.1 Å². The van der Waals surface area contributed by atoms with Crippen molar-refractivity contribution in [3.05, 3.63) is 48.0 Å². The number of carboxylic acid groups (broad SMARTS) is 1. The third-order valence-electron chi connectivity index (χ3n) is 2.63. The molecule has 110 valence electrons. The molecular weight excluding hydrogens is 289 g/mol. The third-order valence-corrected chi connectivity index (χ3v) is 2.63. The number of ether oxygens (including phenoxy) is 1. The fourth-order valence-electron chi connectivity index (χ4n) is 1.75. The van der Waals surface area contributed by atoms with Gasteiger partial charge in [0.15, 0.2) is 0 Å². The Morgan fingerprint density at radius 3 is 2.19 bits per heavy atom. The minimum atomic E-state index is -4.90. The lowest BCUT2D eigenvalue weighted by molar-refractivity contribution is -0.274. The molecule has 2 aromatic carbocycles. The molecule has 2 aromatic rings. The Bertz CT molecular complexity index is 663. The number of carbonyl (C=O) groups is 1. The molecule has 0 saturated carbocycles. The van der Waals surface area contributed by atoms with Gasteiger partial charge < -0.3 is 14.9 Å². The van der Waals surface area contributed by atoms with Crippen LogP contribution < -0.4 is 4.74 Å². The molecule has 2 rings (SSSR count). The first kappa shape index (κ1) is 14.7. The van der Waals surface area contributed by atoms with E-state index in [4.69, 9.17) is 5.11 Å². The molecule has 0 saturated heterocycles. The lowest BCUT2D eigenvalue weighted by Gasteiger charge is -2.14. The molecule has 0 aromatic heterocycles. The zero-order valence-electron chi connectivity index (χ0n) is 10.4. The molecule has 0 heterocycles. The van der Waals surface area contributed by atoms with Crippen molar-refractivity contribution in [3.63, 3.8) is 0 Å². The topological polar surface area (TPSA) is 66.8 Å². The zero-order chi connectivity index (χ0) is 15.6. The molecule has 0 bridgehead atoms. The third kappa shape index (κ3) is 3.65. The monoisotopic (exact) mass is 298 g/mol. The summed E-state index contributed by atoms with van der Waals surface area (Å²) in [5, 5.41) is 18.1. The van der Waals surface area contributed by atoms with Crippen molar-refractivity contribution in [1.29, 1.82) is 0 Å². The number of rotatable bonds is 3. The average molecular weight is 298 g/mol. The molecule has 0 aliphatic heterocycles. The maximum absolute atomic E-state index is 12.4. The zero-order valence-corrected chi connectivity index (χ0v) is 10.4. The predicted molar refractivity (Wildman–Crippen MR) is 67.2 cm³/mol. The number of hydrogen-bond acceptors (Lipinski definition) is 3. The molecule has 0 atom stereocenters. The van der Waals surface area contributed by atoms with Gasteiger partial charge in [-0.2, -0.15) is 0 Å². The SMILES string of the molecule is O=C(O)c1ccc(-c2ccc(O)cc2OC(F)(F)F)cc1. The summed E-state index contributed by atoms with van der Waals surface area (Å²) in [6, 6.07) is 8.56. The summed E-state index contributed by atoms with van der Waals surface area (Å²) in [5.41, 5.74) is 0.428. The summed E-state index contributed by atoms with van der Waals surface area (Å²) in [7, 11) is 0. The molecule has 0 amide bonds. The molecule has 7 heteroatoms. The van der Waals surface area contributed by atoms with Gasteiger partial charge in [-0.3, -0.25) is 0 Å². The summed E-state index contributed by atoms with van der Waals surface area (Å²) < 4.78 is 40.9. The van der Waals surface area contributed by atoms with Crippen LogP contribution in [0.25, 0.3) is 11.1 Å². The lowest BCUT2D eigenvalue weighted by atomic mass is 10.0. The maximum atomic E-state index is 12.4. The van der Waals surface area contributed by atoms with Crippen molar-refractivity contribution in [2.75, 3.05) is 0 Å². The molecule has 0 radical (unpaired) electrons. The van der Waals surface area contributed by atoms with Crippen molar-refractivity contribution in [2.24, 2.45) is 0 Å². The van der Waals surface area contributed by atoms with Gasteiger partial charge in [0.25, 0.3) is 0 Å². The second-order valence-electron chi connectivity index (χ2n) is 4.11. The van der Waals surface area contributed by atoms with E-state index in [9.17, 15) is 23.1 Å². The molecule has 21 heavy (non-hydrogen) atoms. The van der Waals surface area contributed by atoms with Crippen molar-refractivity contribution < 1.29 is 32.9 Å². The van der Waals surface area contributed by atoms with Crippen LogP contribution in [0, 0.1) is 0 Å². The summed E-state index contributed by atoms with van der Waals surface area (Å²) in [6.45, 7) is 0. The van der Waals surface area contributed by atoms with Crippen molar-refractivity contribution in [1.82, 2.24) is 0 Å². The molecule has 0 unspecified atom stereocenters. The Hall–Kier alpha value is -2.70. The van der Waals surface area contributed by atoms with Crippen LogP contribution in [-0.2, 0) is 0 Å². The van der Waals surface area contributed by atoms with Crippen molar-refractivity contribution >= 4 is 5.97 Å². The maximum Gasteiger partial charge on any atom is 0.573 e. The van der Waals surface area contributed by atoms with E-state index >= 15 is 0 Å². The number of benzene rings is 2. The van der Waals surface area contributed by atoms with E-state index in [0.29, 0.717) is 5.56 Å². The van der Waals surface area contributed by atoms with Gasteiger partial charge in [-0.05, 0) is 29.8 Å². The van der Waals surface area contributed by atoms with E-state index in [1.165, 1.54) is 36.4 Å². The highest BCUT2D eigenvalue weighted by Gasteiger charge is 2.32. The van der Waals surface area contributed by atoms with E-state index in [2.05, 4.69) is 4.74 Å². The minimum absolute atomic E-state index is 0.0100. The van der Waals surface area contributed by atoms with Gasteiger partial charge in [0.1, 0.15) is 11.5 Å². The highest BCUT2D eigenvalue weighted by Crippen LogP contribution is 2.36. The highest BCUT2D eigenvalue weighted by atomic mass is 19.4. The van der Waals surface area contributed by atoms with Gasteiger partial charge in [-0.15, -0.1) is 13.2 Å². The summed E-state index contributed by atoms with van der Waals surface area (Å²) >= 11 is 0. The number of aromatic hydroxyl groups is 1. The molecule has 0 spiro atoms. The molecular formula is C14H9F3O4. The normalized spacial score (nSPS) is 11.2. The van der Waals surface area contributed by atoms with E-state index in [0.717, 1.165) is 6.07 Å². The quantitative estimate of drug-likeness (QED) is 0.907. The molecule has 2 N–H and O–H groups in total. The first-order valence-electron chi connectivity index (χ1n) is 5.69. The molecule has 0 fully saturated rings. The summed E-state index contributed by atoms with van der Waals surface area (Å²) in [6.07, 6.45) is -4.90. The Morgan fingerprint density at radius 1 is 1.05 bits per heavy atom. The lowest BCUT2D eigenvalue weighted by Crippen LogP contribution is -2.17. The number of carboxylic acids is 1. The Kier molecular flexibility index (Phi) is 3.75. The summed E-state index contributed by atoms with van der Waals surface area (Å²) in [5.74, 6) is -2.08. The van der Waals surface area contributed by atoms with Crippen LogP contribution in [0.1, 0.15) is 10.4 Å². The van der Waals surface area contributed by atoms with Crippen molar-refractivity contribution in [3.8, 4) is 22.6 Å². The average Bonchev–Trinajstić information content (AvgIpc) is 2.37. The molecule has 4 nitrogen and oxygen atoms in total. The van der Waals surface area contributed by atoms with Crippen LogP contribution in [0.5, 0.6) is 11.5 Å². The fraction of sp³-hybridized carbons (Fsp3) is 0.0714. The van der Waals surface area contributed by atoms with Crippen LogP contribution >= 0.6 is 0 Å². The fourth-order valence-corrected chi connectivity index (χ4v) is 1.75. The van der Waals surface area contributed by atoms with E-state index in [1.807, 2.05) is 0 Å². The van der Waals surface area contributed by atoms with Gasteiger partial charge in [0, 0.05) is 11.6 Å². The van der Waals surface area contributed by atoms with E-state index in [-0.39, 0.29) is 16.9 Å². The second kappa shape index (κ2) is 5.35. The molecule has 0 aliphatic carbocycles. The number of halogens is 3. The Morgan fingerprint density at radius 2 is 1.67 bits per heavy atom. The van der Waals surface area contributed by atoms with Gasteiger partial charge in [-0.1, -0.05) is 12.1 Å². The number of phenolic OH excluding ortho intramolecular Hbond substituents is 1. The predicted octanol–water partition coefficient (Wildman–Crippen LogP) is 3.66. The van der Waals surface area contributed by atoms with Crippen LogP contribution in [0.15, 0.2) is 42.5 Å². The van der Waals surface area contributed by atoms with Crippen LogP contribution in [-0.4, -0.2) is 22.5 Å².